The van der Waals surface area contributed by atoms with Gasteiger partial charge in [0.05, 0.1) is 11.7 Å². The molecular formula is C13H18O5S. The van der Waals surface area contributed by atoms with Crippen molar-refractivity contribution in [3.8, 4) is 11.5 Å². The average molecular weight is 286 g/mol. The van der Waals surface area contributed by atoms with Gasteiger partial charge in [-0.2, -0.15) is 8.42 Å². The molecule has 0 radical (unpaired) electrons. The van der Waals surface area contributed by atoms with Crippen LogP contribution in [0.3, 0.4) is 0 Å². The molecular weight excluding hydrogens is 268 g/mol. The van der Waals surface area contributed by atoms with Gasteiger partial charge < -0.3 is 8.92 Å². The first-order chi connectivity index (χ1) is 8.64. The molecule has 6 heteroatoms. The highest BCUT2D eigenvalue weighted by Gasteiger charge is 2.27. The van der Waals surface area contributed by atoms with Gasteiger partial charge in [-0.1, -0.05) is 6.92 Å². The molecule has 1 aromatic rings. The largest absolute Gasteiger partial charge is 0.426 e. The standard InChI is InChI=1S/C13H18O5S/c1-5-13(2,3)12(14)17-10-6-8-11(9-7-10)18-19(4,15)16/h6-9H,5H2,1-4H3. The third kappa shape index (κ3) is 4.90. The molecule has 0 bridgehead atoms. The van der Waals surface area contributed by atoms with Gasteiger partial charge in [-0.3, -0.25) is 4.79 Å². The second-order valence-corrected chi connectivity index (χ2v) is 6.46. The van der Waals surface area contributed by atoms with Crippen LogP contribution < -0.4 is 8.92 Å². The van der Waals surface area contributed by atoms with Crippen molar-refractivity contribution in [1.82, 2.24) is 0 Å². The lowest BCUT2D eigenvalue weighted by molar-refractivity contribution is -0.144. The van der Waals surface area contributed by atoms with E-state index in [2.05, 4.69) is 4.18 Å². The van der Waals surface area contributed by atoms with Crippen LogP contribution in [-0.4, -0.2) is 20.6 Å². The van der Waals surface area contributed by atoms with E-state index in [9.17, 15) is 13.2 Å². The van der Waals surface area contributed by atoms with Gasteiger partial charge in [0.1, 0.15) is 11.5 Å². The van der Waals surface area contributed by atoms with E-state index in [1.54, 1.807) is 13.8 Å². The van der Waals surface area contributed by atoms with Crippen LogP contribution in [0.15, 0.2) is 24.3 Å². The van der Waals surface area contributed by atoms with Gasteiger partial charge >= 0.3 is 16.1 Å². The number of hydrogen-bond acceptors (Lipinski definition) is 5. The molecule has 0 fully saturated rings. The minimum Gasteiger partial charge on any atom is -0.426 e. The summed E-state index contributed by atoms with van der Waals surface area (Å²) >= 11 is 0. The number of esters is 1. The summed E-state index contributed by atoms with van der Waals surface area (Å²) in [5, 5.41) is 0. The summed E-state index contributed by atoms with van der Waals surface area (Å²) < 4.78 is 31.7. The minimum atomic E-state index is -3.55. The molecule has 0 saturated heterocycles. The van der Waals surface area contributed by atoms with Gasteiger partial charge in [0.2, 0.25) is 0 Å². The molecule has 0 atom stereocenters. The second-order valence-electron chi connectivity index (χ2n) is 4.89. The van der Waals surface area contributed by atoms with Crippen molar-refractivity contribution >= 4 is 16.1 Å². The van der Waals surface area contributed by atoms with Gasteiger partial charge in [-0.15, -0.1) is 0 Å². The fourth-order valence-corrected chi connectivity index (χ4v) is 1.59. The monoisotopic (exact) mass is 286 g/mol. The van der Waals surface area contributed by atoms with E-state index in [0.29, 0.717) is 12.2 Å². The molecule has 19 heavy (non-hydrogen) atoms. The fraction of sp³-hybridized carbons (Fsp3) is 0.462. The fourth-order valence-electron chi connectivity index (χ4n) is 1.13. The van der Waals surface area contributed by atoms with E-state index in [0.717, 1.165) is 6.26 Å². The first kappa shape index (κ1) is 15.5. The zero-order chi connectivity index (χ0) is 14.7. The van der Waals surface area contributed by atoms with E-state index in [1.807, 2.05) is 6.92 Å². The molecule has 0 amide bonds. The van der Waals surface area contributed by atoms with Crippen molar-refractivity contribution in [3.63, 3.8) is 0 Å². The van der Waals surface area contributed by atoms with Gasteiger partial charge in [0.15, 0.2) is 0 Å². The lowest BCUT2D eigenvalue weighted by atomic mass is 9.91. The molecule has 1 rings (SSSR count). The Morgan fingerprint density at radius 2 is 1.63 bits per heavy atom. The number of carbonyl (C=O) groups is 1. The summed E-state index contributed by atoms with van der Waals surface area (Å²) in [5.41, 5.74) is -0.554. The Bertz CT molecular complexity index is 543. The van der Waals surface area contributed by atoms with Crippen molar-refractivity contribution in [2.45, 2.75) is 27.2 Å². The smallest absolute Gasteiger partial charge is 0.316 e. The molecule has 1 aromatic carbocycles. The Hall–Kier alpha value is -1.56. The maximum atomic E-state index is 11.8. The average Bonchev–Trinajstić information content (AvgIpc) is 2.29. The second kappa shape index (κ2) is 5.61. The van der Waals surface area contributed by atoms with Crippen LogP contribution in [0.5, 0.6) is 11.5 Å². The normalized spacial score (nSPS) is 12.0. The molecule has 5 nitrogen and oxygen atoms in total. The summed E-state index contributed by atoms with van der Waals surface area (Å²) in [7, 11) is -3.55. The van der Waals surface area contributed by atoms with E-state index < -0.39 is 15.5 Å². The third-order valence-corrected chi connectivity index (χ3v) is 3.21. The van der Waals surface area contributed by atoms with Crippen LogP contribution in [0.25, 0.3) is 0 Å². The minimum absolute atomic E-state index is 0.178. The summed E-state index contributed by atoms with van der Waals surface area (Å²) in [6, 6.07) is 5.85. The van der Waals surface area contributed by atoms with Crippen molar-refractivity contribution in [1.29, 1.82) is 0 Å². The van der Waals surface area contributed by atoms with Gasteiger partial charge in [-0.05, 0) is 44.5 Å². The maximum absolute atomic E-state index is 11.8. The van der Waals surface area contributed by atoms with Crippen LogP contribution in [0.2, 0.25) is 0 Å². The highest BCUT2D eigenvalue weighted by atomic mass is 32.2. The summed E-state index contributed by atoms with van der Waals surface area (Å²) in [4.78, 5) is 11.8. The Morgan fingerprint density at radius 3 is 2.05 bits per heavy atom. The molecule has 0 aliphatic heterocycles. The summed E-state index contributed by atoms with van der Waals surface area (Å²) in [6.45, 7) is 5.51. The molecule has 0 aliphatic rings. The topological polar surface area (TPSA) is 69.7 Å². The van der Waals surface area contributed by atoms with Crippen LogP contribution in [0.1, 0.15) is 27.2 Å². The quantitative estimate of drug-likeness (QED) is 0.472. The Morgan fingerprint density at radius 1 is 1.16 bits per heavy atom. The predicted molar refractivity (Wildman–Crippen MR) is 71.6 cm³/mol. The van der Waals surface area contributed by atoms with Crippen LogP contribution in [0.4, 0.5) is 0 Å². The molecule has 0 N–H and O–H groups in total. The van der Waals surface area contributed by atoms with Gasteiger partial charge in [0, 0.05) is 0 Å². The molecule has 0 heterocycles. The predicted octanol–water partition coefficient (Wildman–Crippen LogP) is 2.37. The Kier molecular flexibility index (Phi) is 4.57. The number of carbonyl (C=O) groups excluding carboxylic acids is 1. The molecule has 0 unspecified atom stereocenters. The third-order valence-electron chi connectivity index (χ3n) is 2.72. The van der Waals surface area contributed by atoms with Gasteiger partial charge in [-0.25, -0.2) is 0 Å². The number of rotatable bonds is 5. The van der Waals surface area contributed by atoms with Crippen LogP contribution in [-0.2, 0) is 14.9 Å². The number of hydrogen-bond donors (Lipinski definition) is 0. The molecule has 0 aromatic heterocycles. The van der Waals surface area contributed by atoms with Crippen LogP contribution in [0, 0.1) is 5.41 Å². The first-order valence-electron chi connectivity index (χ1n) is 5.86. The molecule has 106 valence electrons. The van der Waals surface area contributed by atoms with Crippen molar-refractivity contribution < 1.29 is 22.1 Å². The lowest BCUT2D eigenvalue weighted by Gasteiger charge is -2.20. The van der Waals surface area contributed by atoms with E-state index in [4.69, 9.17) is 4.74 Å². The highest BCUT2D eigenvalue weighted by molar-refractivity contribution is 7.86. The first-order valence-corrected chi connectivity index (χ1v) is 7.67. The number of ether oxygens (including phenoxy) is 1. The van der Waals surface area contributed by atoms with E-state index >= 15 is 0 Å². The zero-order valence-corrected chi connectivity index (χ0v) is 12.3. The van der Waals surface area contributed by atoms with Crippen LogP contribution >= 0.6 is 0 Å². The van der Waals surface area contributed by atoms with Gasteiger partial charge in [0.25, 0.3) is 0 Å². The summed E-state index contributed by atoms with van der Waals surface area (Å²) in [5.74, 6) is 0.205. The number of benzene rings is 1. The van der Waals surface area contributed by atoms with Crippen molar-refractivity contribution in [3.05, 3.63) is 24.3 Å². The van der Waals surface area contributed by atoms with E-state index in [-0.39, 0.29) is 11.7 Å². The molecule has 0 saturated carbocycles. The molecule has 0 aliphatic carbocycles. The van der Waals surface area contributed by atoms with E-state index in [1.165, 1.54) is 24.3 Å². The van der Waals surface area contributed by atoms with Crippen molar-refractivity contribution in [2.24, 2.45) is 5.41 Å². The van der Waals surface area contributed by atoms with Crippen molar-refractivity contribution in [2.75, 3.05) is 6.26 Å². The lowest BCUT2D eigenvalue weighted by Crippen LogP contribution is -2.28. The molecule has 0 spiro atoms. The Labute approximate surface area is 113 Å². The zero-order valence-electron chi connectivity index (χ0n) is 11.5. The highest BCUT2D eigenvalue weighted by Crippen LogP contribution is 2.25. The summed E-state index contributed by atoms with van der Waals surface area (Å²) in [6.07, 6.45) is 1.63. The SMILES string of the molecule is CCC(C)(C)C(=O)Oc1ccc(OS(C)(=O)=O)cc1. The maximum Gasteiger partial charge on any atom is 0.316 e. The Balaban J connectivity index is 2.75.